The number of halogens is 4. The number of rotatable bonds is 15. The van der Waals surface area contributed by atoms with Crippen molar-refractivity contribution in [1.82, 2.24) is 0 Å². The number of carbonyl (C=O) groups excluding carboxylic acids is 1. The summed E-state index contributed by atoms with van der Waals surface area (Å²) >= 11 is 3.35. The maximum Gasteiger partial charge on any atom is 0.428 e. The number of hydrogen-bond donors (Lipinski definition) is 0. The first kappa shape index (κ1) is 34.9. The van der Waals surface area contributed by atoms with Gasteiger partial charge in [0.25, 0.3) is 0 Å². The second-order valence-electron chi connectivity index (χ2n) is 9.01. The lowest BCUT2D eigenvalue weighted by atomic mass is 10.1. The molecule has 3 aromatic carbocycles. The number of alkyl halides is 3. The van der Waals surface area contributed by atoms with Gasteiger partial charge in [0.05, 0.1) is 17.5 Å². The molecule has 0 aliphatic heterocycles. The zero-order chi connectivity index (χ0) is 30.1. The van der Waals surface area contributed by atoms with Gasteiger partial charge >= 0.3 is 11.2 Å². The molecule has 0 aliphatic carbocycles. The number of unbranched alkanes of at least 4 members (excludes halogenated alkanes) is 7. The van der Waals surface area contributed by atoms with Crippen LogP contribution in [0.15, 0.2) is 99.6 Å². The van der Waals surface area contributed by atoms with Crippen molar-refractivity contribution >= 4 is 42.9 Å². The molecule has 0 unspecified atom stereocenters. The molecule has 0 aromatic heterocycles. The van der Waals surface area contributed by atoms with Crippen LogP contribution in [0.4, 0.5) is 13.2 Å². The van der Waals surface area contributed by atoms with Gasteiger partial charge in [0, 0.05) is 5.33 Å². The third-order valence-electron chi connectivity index (χ3n) is 5.82. The molecule has 0 spiro atoms. The van der Waals surface area contributed by atoms with E-state index in [4.69, 9.17) is 0 Å². The molecular weight excluding hydrogens is 641 g/mol. The van der Waals surface area contributed by atoms with Crippen molar-refractivity contribution in [3.8, 4) is 0 Å². The van der Waals surface area contributed by atoms with E-state index in [9.17, 15) is 30.9 Å². The Labute approximate surface area is 251 Å². The number of esters is 1. The van der Waals surface area contributed by atoms with E-state index >= 15 is 0 Å². The van der Waals surface area contributed by atoms with Crippen LogP contribution in [0.5, 0.6) is 0 Å². The molecule has 11 heteroatoms. The van der Waals surface area contributed by atoms with Crippen LogP contribution >= 0.6 is 15.9 Å². The molecule has 3 rings (SSSR count). The molecule has 224 valence electrons. The summed E-state index contributed by atoms with van der Waals surface area (Å²) in [6.45, 7) is -0.312. The van der Waals surface area contributed by atoms with Gasteiger partial charge in [-0.25, -0.2) is 17.6 Å². The predicted octanol–water partition coefficient (Wildman–Crippen LogP) is 8.10. The minimum absolute atomic E-state index is 0.190. The molecule has 0 radical (unpaired) electrons. The maximum absolute atomic E-state index is 13.2. The van der Waals surface area contributed by atoms with Crippen LogP contribution in [0.25, 0.3) is 0 Å². The average molecular weight is 676 g/mol. The van der Waals surface area contributed by atoms with E-state index in [-0.39, 0.29) is 23.3 Å². The van der Waals surface area contributed by atoms with Crippen molar-refractivity contribution in [2.24, 2.45) is 0 Å². The molecule has 3 aromatic rings. The second kappa shape index (κ2) is 18.3. The largest absolute Gasteiger partial charge is 0.743 e. The Kier molecular flexibility index (Phi) is 15.5. The summed E-state index contributed by atoms with van der Waals surface area (Å²) in [5, 5.41) is -4.01. The highest BCUT2D eigenvalue weighted by Gasteiger charge is 2.48. The molecule has 0 fully saturated rings. The maximum atomic E-state index is 13.2. The van der Waals surface area contributed by atoms with Crippen molar-refractivity contribution in [2.75, 3.05) is 11.9 Å². The van der Waals surface area contributed by atoms with Crippen LogP contribution in [-0.2, 0) is 30.5 Å². The Morgan fingerprint density at radius 3 is 1.59 bits per heavy atom. The Hall–Kier alpha value is -2.34. The van der Waals surface area contributed by atoms with Crippen LogP contribution in [0.2, 0.25) is 0 Å². The van der Waals surface area contributed by atoms with Crippen molar-refractivity contribution in [2.45, 2.75) is 71.3 Å². The first-order valence-electron chi connectivity index (χ1n) is 13.2. The van der Waals surface area contributed by atoms with E-state index in [0.29, 0.717) is 12.8 Å². The highest BCUT2D eigenvalue weighted by atomic mass is 79.9. The topological polar surface area (TPSA) is 83.5 Å². The average Bonchev–Trinajstić information content (AvgIpc) is 2.96. The molecule has 0 amide bonds. The molecule has 0 saturated heterocycles. The van der Waals surface area contributed by atoms with Gasteiger partial charge in [0.15, 0.2) is 24.8 Å². The smallest absolute Gasteiger partial charge is 0.428 e. The number of ether oxygens (including phenoxy) is 1. The Morgan fingerprint density at radius 1 is 0.732 bits per heavy atom. The summed E-state index contributed by atoms with van der Waals surface area (Å²) in [6, 6.07) is 27.5. The highest BCUT2D eigenvalue weighted by molar-refractivity contribution is 9.09. The standard InChI is InChI=1S/C18H14FS.C12H21BrF2O5S/c19-15-11-13-18(14-12-15)20(16-7-3-1-4-8-16)17-9-5-2-6-10-17;13-9-7-5-3-1-2-4-6-8-10-20-11(16)12(14,15)21(17,18)19/h1-14H;1-10H2,(H,17,18,19)/q+1;/p-1. The van der Waals surface area contributed by atoms with Gasteiger partial charge in [-0.05, 0) is 61.4 Å². The molecular formula is C30H34BrF3O5S2. The van der Waals surface area contributed by atoms with Crippen LogP contribution in [-0.4, -0.2) is 36.1 Å². The molecule has 0 bridgehead atoms. The van der Waals surface area contributed by atoms with Gasteiger partial charge in [0.2, 0.25) is 0 Å². The van der Waals surface area contributed by atoms with Crippen LogP contribution < -0.4 is 0 Å². The Morgan fingerprint density at radius 2 is 1.15 bits per heavy atom. The van der Waals surface area contributed by atoms with E-state index in [1.807, 2.05) is 48.5 Å². The van der Waals surface area contributed by atoms with Crippen molar-refractivity contribution in [3.63, 3.8) is 0 Å². The lowest BCUT2D eigenvalue weighted by molar-refractivity contribution is -0.161. The van der Waals surface area contributed by atoms with E-state index < -0.39 is 21.3 Å². The quantitative estimate of drug-likeness (QED) is 0.0535. The Bertz CT molecular complexity index is 1220. The second-order valence-corrected chi connectivity index (χ2v) is 13.3. The minimum atomic E-state index is -6.03. The van der Waals surface area contributed by atoms with E-state index in [1.165, 1.54) is 28.3 Å². The van der Waals surface area contributed by atoms with E-state index in [2.05, 4.69) is 44.9 Å². The molecule has 5 nitrogen and oxygen atoms in total. The van der Waals surface area contributed by atoms with Crippen LogP contribution in [0.3, 0.4) is 0 Å². The summed E-state index contributed by atoms with van der Waals surface area (Å²) in [5.74, 6) is -2.49. The fourth-order valence-electron chi connectivity index (χ4n) is 3.70. The summed E-state index contributed by atoms with van der Waals surface area (Å²) in [4.78, 5) is 14.4. The zero-order valence-electron chi connectivity index (χ0n) is 22.5. The third-order valence-corrected chi connectivity index (χ3v) is 9.41. The van der Waals surface area contributed by atoms with Crippen LogP contribution in [0.1, 0.15) is 51.4 Å². The summed E-state index contributed by atoms with van der Waals surface area (Å²) < 4.78 is 73.2. The van der Waals surface area contributed by atoms with E-state index in [0.717, 1.165) is 42.3 Å². The predicted molar refractivity (Wildman–Crippen MR) is 158 cm³/mol. The molecule has 0 saturated carbocycles. The van der Waals surface area contributed by atoms with Gasteiger partial charge in [-0.1, -0.05) is 90.9 Å². The van der Waals surface area contributed by atoms with Gasteiger partial charge in [-0.2, -0.15) is 8.78 Å². The fraction of sp³-hybridized carbons (Fsp3) is 0.367. The number of hydrogen-bond acceptors (Lipinski definition) is 5. The molecule has 0 heterocycles. The van der Waals surface area contributed by atoms with Gasteiger partial charge in [0.1, 0.15) is 5.82 Å². The van der Waals surface area contributed by atoms with Gasteiger partial charge in [-0.15, -0.1) is 0 Å². The first-order chi connectivity index (χ1) is 19.6. The summed E-state index contributed by atoms with van der Waals surface area (Å²) in [5.41, 5.74) is 0. The molecule has 0 atom stereocenters. The fourth-order valence-corrected chi connectivity index (χ4v) is 6.44. The zero-order valence-corrected chi connectivity index (χ0v) is 25.7. The molecule has 0 N–H and O–H groups in total. The summed E-state index contributed by atoms with van der Waals surface area (Å²) in [7, 11) is -6.21. The summed E-state index contributed by atoms with van der Waals surface area (Å²) in [6.07, 6.45) is 7.52. The lowest BCUT2D eigenvalue weighted by Crippen LogP contribution is -2.39. The normalized spacial score (nSPS) is 11.6. The highest BCUT2D eigenvalue weighted by Crippen LogP contribution is 2.30. The lowest BCUT2D eigenvalue weighted by Gasteiger charge is -2.17. The first-order valence-corrected chi connectivity index (χ1v) is 17.0. The minimum Gasteiger partial charge on any atom is -0.743 e. The van der Waals surface area contributed by atoms with Crippen LogP contribution in [0, 0.1) is 5.82 Å². The number of benzene rings is 3. The Balaban J connectivity index is 0.000000287. The van der Waals surface area contributed by atoms with Gasteiger partial charge < -0.3 is 9.29 Å². The molecule has 0 aliphatic rings. The van der Waals surface area contributed by atoms with Crippen molar-refractivity contribution in [1.29, 1.82) is 0 Å². The molecule has 41 heavy (non-hydrogen) atoms. The van der Waals surface area contributed by atoms with Crippen molar-refractivity contribution in [3.05, 3.63) is 90.7 Å². The van der Waals surface area contributed by atoms with Crippen molar-refractivity contribution < 1.29 is 35.7 Å². The monoisotopic (exact) mass is 674 g/mol. The SMILES string of the molecule is Fc1ccc([S+](c2ccccc2)c2ccccc2)cc1.O=C(OCCCCCCCCCCBr)C(F)(F)S(=O)(=O)[O-]. The van der Waals surface area contributed by atoms with Gasteiger partial charge in [-0.3, -0.25) is 0 Å². The number of carbonyl (C=O) groups is 1. The van der Waals surface area contributed by atoms with E-state index in [1.54, 1.807) is 0 Å². The third kappa shape index (κ3) is 12.2.